The molecule has 0 saturated carbocycles. The first-order valence-corrected chi connectivity index (χ1v) is 9.67. The number of anilines is 1. The van der Waals surface area contributed by atoms with Crippen LogP contribution in [0.5, 0.6) is 5.75 Å². The number of benzene rings is 1. The van der Waals surface area contributed by atoms with Gasteiger partial charge in [0.15, 0.2) is 12.4 Å². The predicted octanol–water partition coefficient (Wildman–Crippen LogP) is 2.56. The van der Waals surface area contributed by atoms with Crippen LogP contribution >= 0.6 is 0 Å². The fourth-order valence-electron chi connectivity index (χ4n) is 3.34. The van der Waals surface area contributed by atoms with Crippen LogP contribution in [-0.2, 0) is 4.79 Å². The fraction of sp³-hybridized carbons (Fsp3) is 0.333. The lowest BCUT2D eigenvalue weighted by Crippen LogP contribution is -2.38. The number of carbonyl (C=O) groups excluding carboxylic acids is 1. The van der Waals surface area contributed by atoms with Gasteiger partial charge in [0.05, 0.1) is 5.56 Å². The number of hydrogen-bond acceptors (Lipinski definition) is 7. The average Bonchev–Trinajstić information content (AvgIpc) is 3.04. The zero-order valence-corrected chi connectivity index (χ0v) is 16.3. The van der Waals surface area contributed by atoms with Crippen LogP contribution in [0.15, 0.2) is 53.2 Å². The van der Waals surface area contributed by atoms with Gasteiger partial charge in [-0.15, -0.1) is 0 Å². The highest BCUT2D eigenvalue weighted by Crippen LogP contribution is 2.28. The second kappa shape index (κ2) is 8.72. The Morgan fingerprint density at radius 2 is 1.97 bits per heavy atom. The van der Waals surface area contributed by atoms with Gasteiger partial charge in [-0.1, -0.05) is 23.4 Å². The number of aromatic nitrogens is 3. The number of carbonyl (C=O) groups is 1. The molecule has 1 aromatic carbocycles. The molecule has 0 spiro atoms. The molecule has 0 bridgehead atoms. The van der Waals surface area contributed by atoms with E-state index in [9.17, 15) is 4.79 Å². The molecule has 0 aliphatic carbocycles. The van der Waals surface area contributed by atoms with E-state index in [-0.39, 0.29) is 12.5 Å². The van der Waals surface area contributed by atoms with Gasteiger partial charge in [-0.3, -0.25) is 4.79 Å². The summed E-state index contributed by atoms with van der Waals surface area (Å²) in [6, 6.07) is 13.2. The van der Waals surface area contributed by atoms with Crippen molar-refractivity contribution in [2.45, 2.75) is 13.3 Å². The lowest BCUT2D eigenvalue weighted by atomic mass is 10.2. The van der Waals surface area contributed by atoms with Crippen molar-refractivity contribution in [2.24, 2.45) is 0 Å². The number of para-hydroxylation sites is 1. The molecule has 3 aromatic rings. The minimum absolute atomic E-state index is 0.0340. The molecule has 0 N–H and O–H groups in total. The minimum atomic E-state index is -0.0376. The number of ether oxygens (including phenoxy) is 1. The van der Waals surface area contributed by atoms with E-state index in [2.05, 4.69) is 20.0 Å². The maximum atomic E-state index is 12.7. The zero-order valence-electron chi connectivity index (χ0n) is 16.3. The number of amides is 1. The van der Waals surface area contributed by atoms with E-state index in [1.807, 2.05) is 41.3 Å². The molecule has 1 aliphatic rings. The molecule has 3 heterocycles. The summed E-state index contributed by atoms with van der Waals surface area (Å²) >= 11 is 0. The van der Waals surface area contributed by atoms with Gasteiger partial charge in [-0.05, 0) is 37.6 Å². The molecule has 1 fully saturated rings. The molecule has 1 amide bonds. The summed E-state index contributed by atoms with van der Waals surface area (Å²) in [6.07, 6.45) is 2.68. The predicted molar refractivity (Wildman–Crippen MR) is 108 cm³/mol. The lowest BCUT2D eigenvalue weighted by molar-refractivity contribution is -0.133. The maximum Gasteiger partial charge on any atom is 0.261 e. The molecule has 0 unspecified atom stereocenters. The Morgan fingerprint density at radius 1 is 1.10 bits per heavy atom. The van der Waals surface area contributed by atoms with Crippen molar-refractivity contribution in [1.82, 2.24) is 20.0 Å². The molecule has 2 aromatic heterocycles. The van der Waals surface area contributed by atoms with E-state index in [0.29, 0.717) is 36.1 Å². The Balaban J connectivity index is 1.37. The number of aryl methyl sites for hydroxylation is 1. The van der Waals surface area contributed by atoms with Gasteiger partial charge in [-0.25, -0.2) is 4.98 Å². The first kappa shape index (κ1) is 18.9. The van der Waals surface area contributed by atoms with Crippen LogP contribution in [0.2, 0.25) is 0 Å². The highest BCUT2D eigenvalue weighted by Gasteiger charge is 2.21. The third-order valence-corrected chi connectivity index (χ3v) is 4.82. The molecule has 8 heteroatoms. The highest BCUT2D eigenvalue weighted by atomic mass is 16.5. The SMILES string of the molecule is Cc1noc(-c2ccccc2OCC(=O)N2CCCN(c3ccccn3)CC2)n1. The van der Waals surface area contributed by atoms with E-state index in [1.54, 1.807) is 19.2 Å². The van der Waals surface area contributed by atoms with Crippen molar-refractivity contribution in [1.29, 1.82) is 0 Å². The molecular formula is C21H23N5O3. The van der Waals surface area contributed by atoms with E-state index in [0.717, 1.165) is 25.3 Å². The normalized spacial score (nSPS) is 14.5. The lowest BCUT2D eigenvalue weighted by Gasteiger charge is -2.23. The van der Waals surface area contributed by atoms with Gasteiger partial charge in [0.2, 0.25) is 0 Å². The van der Waals surface area contributed by atoms with E-state index >= 15 is 0 Å². The zero-order chi connectivity index (χ0) is 20.1. The summed E-state index contributed by atoms with van der Waals surface area (Å²) in [4.78, 5) is 25.4. The van der Waals surface area contributed by atoms with Crippen LogP contribution in [0.4, 0.5) is 5.82 Å². The monoisotopic (exact) mass is 393 g/mol. The molecule has 1 aliphatic heterocycles. The smallest absolute Gasteiger partial charge is 0.261 e. The van der Waals surface area contributed by atoms with Crippen LogP contribution in [0.3, 0.4) is 0 Å². The summed E-state index contributed by atoms with van der Waals surface area (Å²) in [7, 11) is 0. The van der Waals surface area contributed by atoms with E-state index < -0.39 is 0 Å². The Bertz CT molecular complexity index is 960. The second-order valence-electron chi connectivity index (χ2n) is 6.84. The number of nitrogens with zero attached hydrogens (tertiary/aromatic N) is 5. The summed E-state index contributed by atoms with van der Waals surface area (Å²) in [5.74, 6) is 2.39. The van der Waals surface area contributed by atoms with Crippen molar-refractivity contribution in [3.63, 3.8) is 0 Å². The van der Waals surface area contributed by atoms with Crippen molar-refractivity contribution in [2.75, 3.05) is 37.7 Å². The summed E-state index contributed by atoms with van der Waals surface area (Å²) in [5.41, 5.74) is 0.679. The molecule has 1 saturated heterocycles. The first-order valence-electron chi connectivity index (χ1n) is 9.67. The van der Waals surface area contributed by atoms with Gasteiger partial charge < -0.3 is 19.1 Å². The van der Waals surface area contributed by atoms with Crippen LogP contribution in [-0.4, -0.2) is 58.7 Å². The van der Waals surface area contributed by atoms with Crippen LogP contribution in [0.1, 0.15) is 12.2 Å². The second-order valence-corrected chi connectivity index (χ2v) is 6.84. The van der Waals surface area contributed by atoms with Crippen molar-refractivity contribution < 1.29 is 14.1 Å². The topological polar surface area (TPSA) is 84.6 Å². The summed E-state index contributed by atoms with van der Waals surface area (Å²) in [6.45, 7) is 4.70. The summed E-state index contributed by atoms with van der Waals surface area (Å²) in [5, 5.41) is 3.82. The standard InChI is InChI=1S/C21H23N5O3/c1-16-23-21(29-24-16)17-7-2-3-8-18(17)28-15-20(27)26-12-6-11-25(13-14-26)19-9-4-5-10-22-19/h2-5,7-10H,6,11-15H2,1H3. The van der Waals surface area contributed by atoms with E-state index in [4.69, 9.17) is 9.26 Å². The molecule has 29 heavy (non-hydrogen) atoms. The van der Waals surface area contributed by atoms with Crippen LogP contribution in [0.25, 0.3) is 11.5 Å². The van der Waals surface area contributed by atoms with Gasteiger partial charge in [-0.2, -0.15) is 4.98 Å². The van der Waals surface area contributed by atoms with Crippen molar-refractivity contribution >= 4 is 11.7 Å². The number of pyridine rings is 1. The highest BCUT2D eigenvalue weighted by molar-refractivity contribution is 5.78. The molecule has 0 radical (unpaired) electrons. The molecule has 150 valence electrons. The van der Waals surface area contributed by atoms with Gasteiger partial charge >= 0.3 is 0 Å². The molecular weight excluding hydrogens is 370 g/mol. The quantitative estimate of drug-likeness (QED) is 0.659. The largest absolute Gasteiger partial charge is 0.483 e. The number of rotatable bonds is 5. The Morgan fingerprint density at radius 3 is 2.76 bits per heavy atom. The molecule has 8 nitrogen and oxygen atoms in total. The Kier molecular flexibility index (Phi) is 5.69. The van der Waals surface area contributed by atoms with E-state index in [1.165, 1.54) is 0 Å². The van der Waals surface area contributed by atoms with Crippen LogP contribution in [0, 0.1) is 6.92 Å². The van der Waals surface area contributed by atoms with Crippen LogP contribution < -0.4 is 9.64 Å². The van der Waals surface area contributed by atoms with Gasteiger partial charge in [0.1, 0.15) is 11.6 Å². The average molecular weight is 393 g/mol. The van der Waals surface area contributed by atoms with Crippen molar-refractivity contribution in [3.05, 3.63) is 54.5 Å². The Labute approximate surface area is 169 Å². The van der Waals surface area contributed by atoms with Gasteiger partial charge in [0.25, 0.3) is 11.8 Å². The first-order chi connectivity index (χ1) is 14.2. The van der Waals surface area contributed by atoms with Crippen molar-refractivity contribution in [3.8, 4) is 17.2 Å². The maximum absolute atomic E-state index is 12.7. The third kappa shape index (κ3) is 4.53. The molecule has 0 atom stereocenters. The fourth-order valence-corrected chi connectivity index (χ4v) is 3.34. The third-order valence-electron chi connectivity index (χ3n) is 4.82. The number of hydrogen-bond donors (Lipinski definition) is 0. The molecule has 4 rings (SSSR count). The summed E-state index contributed by atoms with van der Waals surface area (Å²) < 4.78 is 11.1. The van der Waals surface area contributed by atoms with Gasteiger partial charge in [0, 0.05) is 32.4 Å². The minimum Gasteiger partial charge on any atom is -0.483 e. The Hall–Kier alpha value is -3.42.